The van der Waals surface area contributed by atoms with Gasteiger partial charge in [0.2, 0.25) is 11.8 Å². The van der Waals surface area contributed by atoms with Gasteiger partial charge in [0.05, 0.1) is 5.75 Å². The van der Waals surface area contributed by atoms with Crippen LogP contribution in [-0.2, 0) is 11.2 Å². The van der Waals surface area contributed by atoms with E-state index in [0.717, 1.165) is 37.9 Å². The summed E-state index contributed by atoms with van der Waals surface area (Å²) < 4.78 is 5.66. The zero-order chi connectivity index (χ0) is 20.1. The average molecular weight is 428 g/mol. The number of benzene rings is 2. The molecule has 1 aliphatic heterocycles. The number of carbonyl (C=O) groups excluding carboxylic acids is 1. The highest BCUT2D eigenvalue weighted by Crippen LogP contribution is 2.26. The molecular weight excluding hydrogens is 406 g/mol. The zero-order valence-electron chi connectivity index (χ0n) is 16.0. The number of hydrogen-bond acceptors (Lipinski definition) is 5. The maximum atomic E-state index is 12.6. The highest BCUT2D eigenvalue weighted by Gasteiger charge is 2.23. The number of nitrogens with zero attached hydrogens (tertiary/aromatic N) is 3. The van der Waals surface area contributed by atoms with Gasteiger partial charge >= 0.3 is 0 Å². The molecular formula is C22H22ClN3O2S. The number of piperidine rings is 1. The monoisotopic (exact) mass is 427 g/mol. The number of likely N-dealkylation sites (tertiary alicyclic amines) is 1. The third kappa shape index (κ3) is 5.40. The van der Waals surface area contributed by atoms with Crippen LogP contribution in [0.4, 0.5) is 0 Å². The Bertz CT molecular complexity index is 938. The van der Waals surface area contributed by atoms with Crippen LogP contribution in [0.1, 0.15) is 18.4 Å². The molecule has 4 rings (SSSR count). The molecule has 0 aliphatic carbocycles. The van der Waals surface area contributed by atoms with Gasteiger partial charge in [0.1, 0.15) is 0 Å². The number of thioether (sulfide) groups is 1. The minimum Gasteiger partial charge on any atom is -0.411 e. The van der Waals surface area contributed by atoms with E-state index in [0.29, 0.717) is 27.8 Å². The van der Waals surface area contributed by atoms with Gasteiger partial charge in [-0.05, 0) is 55.0 Å². The lowest BCUT2D eigenvalue weighted by Crippen LogP contribution is -2.39. The maximum absolute atomic E-state index is 12.6. The van der Waals surface area contributed by atoms with Gasteiger partial charge in [-0.2, -0.15) is 0 Å². The van der Waals surface area contributed by atoms with Crippen LogP contribution in [0.25, 0.3) is 11.5 Å². The Kier molecular flexibility index (Phi) is 6.52. The molecule has 1 fully saturated rings. The first-order valence-electron chi connectivity index (χ1n) is 9.71. The van der Waals surface area contributed by atoms with E-state index in [1.807, 2.05) is 23.1 Å². The second-order valence-corrected chi connectivity index (χ2v) is 8.55. The van der Waals surface area contributed by atoms with Crippen LogP contribution < -0.4 is 0 Å². The largest absolute Gasteiger partial charge is 0.411 e. The molecule has 7 heteroatoms. The average Bonchev–Trinajstić information content (AvgIpc) is 3.23. The molecule has 2 aromatic carbocycles. The normalized spacial score (nSPS) is 14.9. The van der Waals surface area contributed by atoms with E-state index in [-0.39, 0.29) is 5.91 Å². The summed E-state index contributed by atoms with van der Waals surface area (Å²) in [6, 6.07) is 17.8. The van der Waals surface area contributed by atoms with Gasteiger partial charge in [-0.25, -0.2) is 0 Å². The van der Waals surface area contributed by atoms with Crippen LogP contribution in [-0.4, -0.2) is 39.8 Å². The smallest absolute Gasteiger partial charge is 0.277 e. The second-order valence-electron chi connectivity index (χ2n) is 7.18. The first-order chi connectivity index (χ1) is 14.2. The van der Waals surface area contributed by atoms with Crippen LogP contribution in [0.3, 0.4) is 0 Å². The molecule has 5 nitrogen and oxygen atoms in total. The summed E-state index contributed by atoms with van der Waals surface area (Å²) in [5, 5.41) is 9.14. The minimum absolute atomic E-state index is 0.124. The number of hydrogen-bond donors (Lipinski definition) is 0. The summed E-state index contributed by atoms with van der Waals surface area (Å²) in [6.07, 6.45) is 3.19. The summed E-state index contributed by atoms with van der Waals surface area (Å²) in [5.74, 6) is 1.51. The fourth-order valence-corrected chi connectivity index (χ4v) is 4.32. The lowest BCUT2D eigenvalue weighted by molar-refractivity contribution is -0.129. The van der Waals surface area contributed by atoms with Crippen LogP contribution in [0.5, 0.6) is 0 Å². The fourth-order valence-electron chi connectivity index (χ4n) is 3.53. The molecule has 1 aromatic heterocycles. The van der Waals surface area contributed by atoms with Gasteiger partial charge in [0, 0.05) is 23.7 Å². The van der Waals surface area contributed by atoms with Gasteiger partial charge in [-0.3, -0.25) is 4.79 Å². The van der Waals surface area contributed by atoms with Gasteiger partial charge in [-0.1, -0.05) is 53.7 Å². The van der Waals surface area contributed by atoms with Crippen molar-refractivity contribution in [2.45, 2.75) is 24.5 Å². The fraction of sp³-hybridized carbons (Fsp3) is 0.318. The zero-order valence-corrected chi connectivity index (χ0v) is 17.5. The quantitative estimate of drug-likeness (QED) is 0.520. The van der Waals surface area contributed by atoms with Gasteiger partial charge < -0.3 is 9.32 Å². The number of rotatable bonds is 6. The van der Waals surface area contributed by atoms with E-state index in [4.69, 9.17) is 16.0 Å². The molecule has 1 aliphatic rings. The highest BCUT2D eigenvalue weighted by atomic mass is 35.5. The second kappa shape index (κ2) is 9.46. The van der Waals surface area contributed by atoms with Crippen LogP contribution in [0, 0.1) is 5.92 Å². The lowest BCUT2D eigenvalue weighted by Gasteiger charge is -2.32. The van der Waals surface area contributed by atoms with Crippen molar-refractivity contribution in [1.82, 2.24) is 15.1 Å². The Morgan fingerprint density at radius 1 is 1.07 bits per heavy atom. The molecule has 0 unspecified atom stereocenters. The standard InChI is InChI=1S/C22H22ClN3O2S/c23-19-8-6-18(7-9-19)21-24-25-22(28-21)29-15-20(27)26-12-10-17(11-13-26)14-16-4-2-1-3-5-16/h1-9,17H,10-15H2. The van der Waals surface area contributed by atoms with E-state index >= 15 is 0 Å². The number of halogens is 1. The topological polar surface area (TPSA) is 59.2 Å². The van der Waals surface area contributed by atoms with Gasteiger partial charge in [-0.15, -0.1) is 10.2 Å². The van der Waals surface area contributed by atoms with E-state index in [9.17, 15) is 4.79 Å². The Morgan fingerprint density at radius 3 is 2.52 bits per heavy atom. The molecule has 1 amide bonds. The summed E-state index contributed by atoms with van der Waals surface area (Å²) in [5.41, 5.74) is 2.18. The van der Waals surface area contributed by atoms with Crippen molar-refractivity contribution in [2.75, 3.05) is 18.8 Å². The Balaban J connectivity index is 1.24. The highest BCUT2D eigenvalue weighted by molar-refractivity contribution is 7.99. The summed E-state index contributed by atoms with van der Waals surface area (Å²) in [6.45, 7) is 1.63. The van der Waals surface area contributed by atoms with Crippen molar-refractivity contribution in [3.8, 4) is 11.5 Å². The van der Waals surface area contributed by atoms with Crippen molar-refractivity contribution in [2.24, 2.45) is 5.92 Å². The number of carbonyl (C=O) groups is 1. The predicted molar refractivity (Wildman–Crippen MR) is 115 cm³/mol. The van der Waals surface area contributed by atoms with E-state index in [2.05, 4.69) is 34.5 Å². The van der Waals surface area contributed by atoms with E-state index in [1.54, 1.807) is 12.1 Å². The first-order valence-corrected chi connectivity index (χ1v) is 11.1. The molecule has 150 valence electrons. The molecule has 0 radical (unpaired) electrons. The molecule has 1 saturated heterocycles. The molecule has 29 heavy (non-hydrogen) atoms. The predicted octanol–water partition coefficient (Wildman–Crippen LogP) is 4.96. The molecule has 0 N–H and O–H groups in total. The SMILES string of the molecule is O=C(CSc1nnc(-c2ccc(Cl)cc2)o1)N1CCC(Cc2ccccc2)CC1. The van der Waals surface area contributed by atoms with Crippen molar-refractivity contribution in [1.29, 1.82) is 0 Å². The van der Waals surface area contributed by atoms with Crippen LogP contribution in [0.2, 0.25) is 5.02 Å². The third-order valence-corrected chi connectivity index (χ3v) is 6.21. The maximum Gasteiger partial charge on any atom is 0.277 e. The molecule has 0 bridgehead atoms. The van der Waals surface area contributed by atoms with Gasteiger partial charge in [0.25, 0.3) is 5.22 Å². The Hall–Kier alpha value is -2.31. The summed E-state index contributed by atoms with van der Waals surface area (Å²) in [7, 11) is 0. The Morgan fingerprint density at radius 2 is 1.79 bits per heavy atom. The van der Waals surface area contributed by atoms with Gasteiger partial charge in [0.15, 0.2) is 0 Å². The van der Waals surface area contributed by atoms with E-state index in [1.165, 1.54) is 17.3 Å². The van der Waals surface area contributed by atoms with Crippen LogP contribution in [0.15, 0.2) is 64.2 Å². The van der Waals surface area contributed by atoms with Crippen molar-refractivity contribution in [3.63, 3.8) is 0 Å². The molecule has 0 atom stereocenters. The summed E-state index contributed by atoms with van der Waals surface area (Å²) in [4.78, 5) is 14.5. The molecule has 0 saturated carbocycles. The van der Waals surface area contributed by atoms with Crippen molar-refractivity contribution < 1.29 is 9.21 Å². The number of amides is 1. The number of aromatic nitrogens is 2. The Labute approximate surface area is 179 Å². The molecule has 2 heterocycles. The van der Waals surface area contributed by atoms with Crippen molar-refractivity contribution >= 4 is 29.3 Å². The third-order valence-electron chi connectivity index (χ3n) is 5.15. The van der Waals surface area contributed by atoms with Crippen molar-refractivity contribution in [3.05, 3.63) is 65.2 Å². The summed E-state index contributed by atoms with van der Waals surface area (Å²) >= 11 is 7.19. The molecule has 3 aromatic rings. The lowest BCUT2D eigenvalue weighted by atomic mass is 9.90. The van der Waals surface area contributed by atoms with Crippen LogP contribution >= 0.6 is 23.4 Å². The molecule has 0 spiro atoms. The minimum atomic E-state index is 0.124. The van der Waals surface area contributed by atoms with E-state index < -0.39 is 0 Å². The first kappa shape index (κ1) is 20.0.